The molecule has 0 atom stereocenters. The average Bonchev–Trinajstić information content (AvgIpc) is 2.73. The molecule has 19 heavy (non-hydrogen) atoms. The molecule has 0 spiro atoms. The molecule has 1 aromatic heterocycles. The maximum atomic E-state index is 9.32. The first-order chi connectivity index (χ1) is 9.20. The first-order valence-corrected chi connectivity index (χ1v) is 6.42. The van der Waals surface area contributed by atoms with Crippen molar-refractivity contribution in [3.05, 3.63) is 52.9 Å². The molecule has 0 unspecified atom stereocenters. The summed E-state index contributed by atoms with van der Waals surface area (Å²) in [7, 11) is 0. The third kappa shape index (κ3) is 1.99. The van der Waals surface area contributed by atoms with Crippen molar-refractivity contribution >= 4 is 23.3 Å². The Morgan fingerprint density at radius 1 is 1.21 bits per heavy atom. The number of aliphatic hydroxyl groups is 1. The molecular formula is C15H13NO2S. The summed E-state index contributed by atoms with van der Waals surface area (Å²) in [6, 6.07) is 14.1. The highest BCUT2D eigenvalue weighted by Crippen LogP contribution is 2.29. The Morgan fingerprint density at radius 3 is 2.63 bits per heavy atom. The molecule has 3 aromatic rings. The van der Waals surface area contributed by atoms with Crippen molar-refractivity contribution in [3.63, 3.8) is 0 Å². The van der Waals surface area contributed by atoms with Crippen LogP contribution in [0.2, 0.25) is 0 Å². The molecule has 0 amide bonds. The van der Waals surface area contributed by atoms with Crippen molar-refractivity contribution in [2.45, 2.75) is 13.7 Å². The summed E-state index contributed by atoms with van der Waals surface area (Å²) in [5.74, 6) is 0. The second kappa shape index (κ2) is 4.64. The number of hydrogen-bond acceptors (Lipinski definition) is 3. The number of benzene rings is 2. The van der Waals surface area contributed by atoms with Gasteiger partial charge >= 0.3 is 0 Å². The number of fused-ring (bicyclic) bond motifs is 1. The van der Waals surface area contributed by atoms with Gasteiger partial charge in [-0.15, -0.1) is 0 Å². The van der Waals surface area contributed by atoms with Crippen LogP contribution in [0, 0.1) is 11.8 Å². The first kappa shape index (κ1) is 12.1. The van der Waals surface area contributed by atoms with E-state index in [4.69, 9.17) is 16.6 Å². The van der Waals surface area contributed by atoms with Gasteiger partial charge in [0, 0.05) is 0 Å². The molecule has 0 saturated carbocycles. The van der Waals surface area contributed by atoms with Gasteiger partial charge in [-0.2, -0.15) is 0 Å². The van der Waals surface area contributed by atoms with E-state index in [0.717, 1.165) is 22.2 Å². The molecule has 0 fully saturated rings. The highest BCUT2D eigenvalue weighted by Gasteiger charge is 2.10. The van der Waals surface area contributed by atoms with Crippen molar-refractivity contribution in [1.29, 1.82) is 0 Å². The number of aromatic nitrogens is 1. The van der Waals surface area contributed by atoms with Gasteiger partial charge in [-0.1, -0.05) is 30.3 Å². The molecule has 2 aromatic carbocycles. The Labute approximate surface area is 115 Å². The maximum Gasteiger partial charge on any atom is 0.271 e. The zero-order valence-electron chi connectivity index (χ0n) is 10.5. The van der Waals surface area contributed by atoms with Crippen LogP contribution in [0.3, 0.4) is 0 Å². The number of oxazole rings is 1. The van der Waals surface area contributed by atoms with Gasteiger partial charge < -0.3 is 9.52 Å². The van der Waals surface area contributed by atoms with Gasteiger partial charge in [0.25, 0.3) is 4.84 Å². The molecule has 0 bridgehead atoms. The fourth-order valence-corrected chi connectivity index (χ4v) is 2.52. The van der Waals surface area contributed by atoms with Gasteiger partial charge in [-0.05, 0) is 48.0 Å². The van der Waals surface area contributed by atoms with E-state index >= 15 is 0 Å². The van der Waals surface area contributed by atoms with E-state index in [0.29, 0.717) is 10.4 Å². The molecule has 0 aliphatic heterocycles. The van der Waals surface area contributed by atoms with Crippen LogP contribution in [0.4, 0.5) is 0 Å². The summed E-state index contributed by atoms with van der Waals surface area (Å²) in [5, 5.41) is 9.32. The molecule has 3 rings (SSSR count). The molecule has 0 saturated heterocycles. The molecule has 1 heterocycles. The summed E-state index contributed by atoms with van der Waals surface area (Å²) >= 11 is 5.09. The lowest BCUT2D eigenvalue weighted by Gasteiger charge is -2.06. The third-order valence-electron chi connectivity index (χ3n) is 3.24. The molecule has 96 valence electrons. The Hall–Kier alpha value is -1.91. The maximum absolute atomic E-state index is 9.32. The van der Waals surface area contributed by atoms with E-state index in [9.17, 15) is 5.11 Å². The summed E-state index contributed by atoms with van der Waals surface area (Å²) in [5.41, 5.74) is 4.89. The topological polar surface area (TPSA) is 38.3 Å². The fourth-order valence-electron chi connectivity index (χ4n) is 2.28. The fraction of sp³-hybridized carbons (Fsp3) is 0.133. The van der Waals surface area contributed by atoms with E-state index < -0.39 is 0 Å². The van der Waals surface area contributed by atoms with E-state index in [1.165, 1.54) is 0 Å². The Balaban J connectivity index is 2.29. The van der Waals surface area contributed by atoms with Crippen LogP contribution in [0.1, 0.15) is 5.56 Å². The second-order valence-corrected chi connectivity index (χ2v) is 4.79. The van der Waals surface area contributed by atoms with Crippen LogP contribution in [-0.2, 0) is 6.73 Å². The van der Waals surface area contributed by atoms with Crippen LogP contribution in [0.25, 0.3) is 22.2 Å². The summed E-state index contributed by atoms with van der Waals surface area (Å²) in [4.78, 5) is 0.294. The molecular weight excluding hydrogens is 258 g/mol. The van der Waals surface area contributed by atoms with Crippen LogP contribution in [-0.4, -0.2) is 9.67 Å². The molecule has 0 aliphatic rings. The van der Waals surface area contributed by atoms with Crippen molar-refractivity contribution in [3.8, 4) is 11.1 Å². The normalized spacial score (nSPS) is 11.1. The van der Waals surface area contributed by atoms with Crippen molar-refractivity contribution in [2.24, 2.45) is 0 Å². The lowest BCUT2D eigenvalue weighted by atomic mass is 10.0. The number of aliphatic hydroxyl groups excluding tert-OH is 1. The van der Waals surface area contributed by atoms with Gasteiger partial charge in [0.15, 0.2) is 5.58 Å². The number of rotatable bonds is 2. The van der Waals surface area contributed by atoms with Crippen molar-refractivity contribution in [2.75, 3.05) is 0 Å². The van der Waals surface area contributed by atoms with Gasteiger partial charge in [0.1, 0.15) is 6.73 Å². The minimum atomic E-state index is -0.171. The Kier molecular flexibility index (Phi) is 2.97. The molecule has 3 nitrogen and oxygen atoms in total. The highest BCUT2D eigenvalue weighted by molar-refractivity contribution is 7.71. The van der Waals surface area contributed by atoms with Crippen molar-refractivity contribution < 1.29 is 9.52 Å². The Bertz CT molecular complexity index is 787. The molecule has 4 heteroatoms. The lowest BCUT2D eigenvalue weighted by Crippen LogP contribution is -1.96. The van der Waals surface area contributed by atoms with E-state index in [1.54, 1.807) is 4.57 Å². The summed E-state index contributed by atoms with van der Waals surface area (Å²) in [6.45, 7) is 1.87. The van der Waals surface area contributed by atoms with Crippen molar-refractivity contribution in [1.82, 2.24) is 4.57 Å². The van der Waals surface area contributed by atoms with Crippen LogP contribution in [0.5, 0.6) is 0 Å². The predicted octanol–water partition coefficient (Wildman–Crippen LogP) is 3.89. The smallest absolute Gasteiger partial charge is 0.271 e. The predicted molar refractivity (Wildman–Crippen MR) is 77.4 cm³/mol. The van der Waals surface area contributed by atoms with Crippen LogP contribution >= 0.6 is 12.2 Å². The lowest BCUT2D eigenvalue weighted by molar-refractivity contribution is 0.208. The van der Waals surface area contributed by atoms with E-state index in [-0.39, 0.29) is 6.73 Å². The number of aryl methyl sites for hydroxylation is 1. The number of hydrogen-bond donors (Lipinski definition) is 1. The molecule has 0 radical (unpaired) electrons. The average molecular weight is 271 g/mol. The molecule has 0 aliphatic carbocycles. The SMILES string of the molecule is Cc1cc2c(cc1-c1ccccc1)oc(=S)n2CO. The third-order valence-corrected chi connectivity index (χ3v) is 3.54. The number of nitrogens with zero attached hydrogens (tertiary/aromatic N) is 1. The van der Waals surface area contributed by atoms with E-state index in [2.05, 4.69) is 12.1 Å². The minimum Gasteiger partial charge on any atom is -0.429 e. The van der Waals surface area contributed by atoms with Gasteiger partial charge in [0.05, 0.1) is 5.52 Å². The zero-order valence-corrected chi connectivity index (χ0v) is 11.3. The zero-order chi connectivity index (χ0) is 13.4. The quantitative estimate of drug-likeness (QED) is 0.719. The minimum absolute atomic E-state index is 0.171. The largest absolute Gasteiger partial charge is 0.429 e. The van der Waals surface area contributed by atoms with E-state index in [1.807, 2.05) is 37.3 Å². The summed E-state index contributed by atoms with van der Waals surface area (Å²) < 4.78 is 7.10. The van der Waals surface area contributed by atoms with Gasteiger partial charge in [0.2, 0.25) is 0 Å². The van der Waals surface area contributed by atoms with Crippen LogP contribution < -0.4 is 0 Å². The highest BCUT2D eigenvalue weighted by atomic mass is 32.1. The second-order valence-electron chi connectivity index (χ2n) is 4.44. The monoisotopic (exact) mass is 271 g/mol. The van der Waals surface area contributed by atoms with Gasteiger partial charge in [-0.25, -0.2) is 0 Å². The van der Waals surface area contributed by atoms with Crippen LogP contribution in [0.15, 0.2) is 46.9 Å². The first-order valence-electron chi connectivity index (χ1n) is 6.01. The van der Waals surface area contributed by atoms with Gasteiger partial charge in [-0.3, -0.25) is 4.57 Å². The summed E-state index contributed by atoms with van der Waals surface area (Å²) in [6.07, 6.45) is 0. The Morgan fingerprint density at radius 2 is 1.95 bits per heavy atom. The standard InChI is InChI=1S/C15H13NO2S/c1-10-7-13-14(18-15(19)16(13)9-17)8-12(10)11-5-3-2-4-6-11/h2-8,17H,9H2,1H3. The molecule has 1 N–H and O–H groups in total.